The molecule has 3 nitrogen and oxygen atoms in total. The third-order valence-corrected chi connectivity index (χ3v) is 1.92. The van der Waals surface area contributed by atoms with Crippen molar-refractivity contribution in [2.24, 2.45) is 0 Å². The SMILES string of the molecule is CCCOOCCCCCCCC=O. The molecule has 14 heavy (non-hydrogen) atoms. The highest BCUT2D eigenvalue weighted by Crippen LogP contribution is 2.04. The van der Waals surface area contributed by atoms with Gasteiger partial charge in [-0.3, -0.25) is 0 Å². The third kappa shape index (κ3) is 11.6. The zero-order chi connectivity index (χ0) is 10.5. The van der Waals surface area contributed by atoms with Gasteiger partial charge in [0.1, 0.15) is 6.29 Å². The van der Waals surface area contributed by atoms with Crippen LogP contribution in [-0.2, 0) is 14.6 Å². The van der Waals surface area contributed by atoms with Crippen LogP contribution in [0.15, 0.2) is 0 Å². The first-order chi connectivity index (χ1) is 6.91. The summed E-state index contributed by atoms with van der Waals surface area (Å²) in [5.74, 6) is 0. The van der Waals surface area contributed by atoms with Crippen LogP contribution in [0.2, 0.25) is 0 Å². The van der Waals surface area contributed by atoms with E-state index in [0.29, 0.717) is 19.6 Å². The van der Waals surface area contributed by atoms with Gasteiger partial charge in [0.25, 0.3) is 0 Å². The zero-order valence-corrected chi connectivity index (χ0v) is 9.17. The molecule has 0 bridgehead atoms. The Hall–Kier alpha value is -0.410. The minimum Gasteiger partial charge on any atom is -0.303 e. The Kier molecular flexibility index (Phi) is 12.2. The molecule has 0 aromatic heterocycles. The van der Waals surface area contributed by atoms with E-state index in [4.69, 9.17) is 9.78 Å². The molecule has 0 unspecified atom stereocenters. The fourth-order valence-corrected chi connectivity index (χ4v) is 1.12. The smallest absolute Gasteiger partial charge is 0.119 e. The van der Waals surface area contributed by atoms with Crippen LogP contribution < -0.4 is 0 Å². The standard InChI is InChI=1S/C11H22O3/c1-2-10-13-14-11-8-6-4-3-5-7-9-12/h9H,2-8,10-11H2,1H3. The largest absolute Gasteiger partial charge is 0.303 e. The van der Waals surface area contributed by atoms with E-state index in [0.717, 1.165) is 38.4 Å². The average Bonchev–Trinajstić information content (AvgIpc) is 2.21. The molecule has 0 aliphatic heterocycles. The summed E-state index contributed by atoms with van der Waals surface area (Å²) in [6, 6.07) is 0. The van der Waals surface area contributed by atoms with Crippen LogP contribution in [0.1, 0.15) is 51.9 Å². The summed E-state index contributed by atoms with van der Waals surface area (Å²) < 4.78 is 0. The molecule has 0 spiro atoms. The molecule has 0 aliphatic rings. The van der Waals surface area contributed by atoms with E-state index in [1.54, 1.807) is 0 Å². The van der Waals surface area contributed by atoms with Crippen LogP contribution in [0.4, 0.5) is 0 Å². The summed E-state index contributed by atoms with van der Waals surface area (Å²) in [7, 11) is 0. The average molecular weight is 202 g/mol. The van der Waals surface area contributed by atoms with E-state index in [-0.39, 0.29) is 0 Å². The van der Waals surface area contributed by atoms with Gasteiger partial charge >= 0.3 is 0 Å². The molecule has 3 heteroatoms. The van der Waals surface area contributed by atoms with Crippen molar-refractivity contribution in [1.29, 1.82) is 0 Å². The highest BCUT2D eigenvalue weighted by Gasteiger charge is 1.91. The van der Waals surface area contributed by atoms with Crippen LogP contribution in [0.25, 0.3) is 0 Å². The molecule has 0 aliphatic carbocycles. The molecule has 0 rings (SSSR count). The second kappa shape index (κ2) is 12.6. The van der Waals surface area contributed by atoms with Gasteiger partial charge in [-0.05, 0) is 19.3 Å². The van der Waals surface area contributed by atoms with Gasteiger partial charge in [0.2, 0.25) is 0 Å². The topological polar surface area (TPSA) is 35.5 Å². The molecule has 84 valence electrons. The third-order valence-electron chi connectivity index (χ3n) is 1.92. The Bertz CT molecular complexity index is 115. The second-order valence-corrected chi connectivity index (χ2v) is 3.37. The molecule has 0 aromatic rings. The van der Waals surface area contributed by atoms with E-state index in [2.05, 4.69) is 6.92 Å². The molecule has 0 heterocycles. The first-order valence-corrected chi connectivity index (χ1v) is 5.60. The summed E-state index contributed by atoms with van der Waals surface area (Å²) in [5.41, 5.74) is 0. The quantitative estimate of drug-likeness (QED) is 0.224. The molecule has 0 saturated carbocycles. The zero-order valence-electron chi connectivity index (χ0n) is 9.17. The molecule has 0 fully saturated rings. The first kappa shape index (κ1) is 13.6. The van der Waals surface area contributed by atoms with Gasteiger partial charge in [-0.2, -0.15) is 0 Å². The second-order valence-electron chi connectivity index (χ2n) is 3.37. The Balaban J connectivity index is 2.81. The number of carbonyl (C=O) groups excluding carboxylic acids is 1. The van der Waals surface area contributed by atoms with Crippen LogP contribution in [-0.4, -0.2) is 19.5 Å². The predicted octanol–water partition coefficient (Wildman–Crippen LogP) is 2.88. The lowest BCUT2D eigenvalue weighted by atomic mass is 10.1. The number of rotatable bonds is 11. The fraction of sp³-hybridized carbons (Fsp3) is 0.909. The monoisotopic (exact) mass is 202 g/mol. The van der Waals surface area contributed by atoms with Gasteiger partial charge < -0.3 is 4.79 Å². The van der Waals surface area contributed by atoms with Crippen molar-refractivity contribution in [2.45, 2.75) is 51.9 Å². The van der Waals surface area contributed by atoms with Crippen molar-refractivity contribution in [2.75, 3.05) is 13.2 Å². The van der Waals surface area contributed by atoms with E-state index in [9.17, 15) is 4.79 Å². The van der Waals surface area contributed by atoms with Crippen molar-refractivity contribution in [3.63, 3.8) is 0 Å². The van der Waals surface area contributed by atoms with Crippen LogP contribution >= 0.6 is 0 Å². The van der Waals surface area contributed by atoms with Crippen molar-refractivity contribution >= 4 is 6.29 Å². The first-order valence-electron chi connectivity index (χ1n) is 5.60. The summed E-state index contributed by atoms with van der Waals surface area (Å²) in [6.07, 6.45) is 8.25. The molecular formula is C11H22O3. The van der Waals surface area contributed by atoms with Gasteiger partial charge in [-0.1, -0.05) is 26.2 Å². The fourth-order valence-electron chi connectivity index (χ4n) is 1.12. The normalized spacial score (nSPS) is 10.4. The lowest BCUT2D eigenvalue weighted by Crippen LogP contribution is -1.97. The highest BCUT2D eigenvalue weighted by molar-refractivity contribution is 5.48. The van der Waals surface area contributed by atoms with E-state index < -0.39 is 0 Å². The van der Waals surface area contributed by atoms with E-state index >= 15 is 0 Å². The number of unbranched alkanes of at least 4 members (excludes halogenated alkanes) is 5. The van der Waals surface area contributed by atoms with Gasteiger partial charge in [0.15, 0.2) is 0 Å². The molecule has 0 radical (unpaired) electrons. The van der Waals surface area contributed by atoms with Crippen LogP contribution in [0.3, 0.4) is 0 Å². The highest BCUT2D eigenvalue weighted by atomic mass is 17.2. The van der Waals surface area contributed by atoms with Crippen LogP contribution in [0.5, 0.6) is 0 Å². The maximum absolute atomic E-state index is 10.0. The van der Waals surface area contributed by atoms with Gasteiger partial charge in [0, 0.05) is 6.42 Å². The Morgan fingerprint density at radius 1 is 0.929 bits per heavy atom. The Morgan fingerprint density at radius 2 is 1.57 bits per heavy atom. The van der Waals surface area contributed by atoms with Crippen molar-refractivity contribution < 1.29 is 14.6 Å². The van der Waals surface area contributed by atoms with Crippen LogP contribution in [0, 0.1) is 0 Å². The predicted molar refractivity (Wildman–Crippen MR) is 56.0 cm³/mol. The lowest BCUT2D eigenvalue weighted by Gasteiger charge is -2.02. The minimum atomic E-state index is 0.680. The van der Waals surface area contributed by atoms with Gasteiger partial charge in [-0.15, -0.1) is 0 Å². The van der Waals surface area contributed by atoms with Crippen molar-refractivity contribution in [3.8, 4) is 0 Å². The molecule has 0 atom stereocenters. The number of carbonyl (C=O) groups is 1. The van der Waals surface area contributed by atoms with Crippen molar-refractivity contribution in [1.82, 2.24) is 0 Å². The number of hydrogen-bond acceptors (Lipinski definition) is 3. The summed E-state index contributed by atoms with van der Waals surface area (Å²) >= 11 is 0. The van der Waals surface area contributed by atoms with E-state index in [1.165, 1.54) is 6.42 Å². The summed E-state index contributed by atoms with van der Waals surface area (Å²) in [5, 5.41) is 0. The summed E-state index contributed by atoms with van der Waals surface area (Å²) in [6.45, 7) is 3.42. The molecule has 0 N–H and O–H groups in total. The molecular weight excluding hydrogens is 180 g/mol. The van der Waals surface area contributed by atoms with Gasteiger partial charge in [0.05, 0.1) is 13.2 Å². The van der Waals surface area contributed by atoms with Gasteiger partial charge in [-0.25, -0.2) is 9.78 Å². The Morgan fingerprint density at radius 3 is 2.29 bits per heavy atom. The molecule has 0 saturated heterocycles. The van der Waals surface area contributed by atoms with Crippen molar-refractivity contribution in [3.05, 3.63) is 0 Å². The maximum Gasteiger partial charge on any atom is 0.119 e. The summed E-state index contributed by atoms with van der Waals surface area (Å²) in [4.78, 5) is 19.8. The lowest BCUT2D eigenvalue weighted by molar-refractivity contribution is -0.294. The van der Waals surface area contributed by atoms with E-state index in [1.807, 2.05) is 0 Å². The number of hydrogen-bond donors (Lipinski definition) is 0. The maximum atomic E-state index is 10.0. The Labute approximate surface area is 86.7 Å². The molecule has 0 aromatic carbocycles. The molecule has 0 amide bonds. The minimum absolute atomic E-state index is 0.680. The number of aldehydes is 1.